The number of ether oxygens (including phenoxy) is 2. The molecule has 0 fully saturated rings. The fourth-order valence-corrected chi connectivity index (χ4v) is 1.13. The monoisotopic (exact) mass is 206 g/mol. The van der Waals surface area contributed by atoms with E-state index >= 15 is 0 Å². The van der Waals surface area contributed by atoms with Gasteiger partial charge < -0.3 is 9.47 Å². The molecule has 0 aromatic heterocycles. The maximum absolute atomic E-state index is 11.1. The number of carbonyl (C=O) groups is 1. The van der Waals surface area contributed by atoms with Crippen LogP contribution in [0.1, 0.15) is 15.9 Å². The number of esters is 1. The molecule has 0 saturated heterocycles. The van der Waals surface area contributed by atoms with Crippen molar-refractivity contribution >= 4 is 12.0 Å². The molecule has 0 atom stereocenters. The lowest BCUT2D eigenvalue weighted by molar-refractivity contribution is 0.0601. The lowest BCUT2D eigenvalue weighted by Gasteiger charge is -1.99. The van der Waals surface area contributed by atoms with Crippen LogP contribution in [0.3, 0.4) is 0 Å². The highest BCUT2D eigenvalue weighted by Gasteiger charge is 2.02. The van der Waals surface area contributed by atoms with Crippen LogP contribution in [0.2, 0.25) is 0 Å². The van der Waals surface area contributed by atoms with Crippen molar-refractivity contribution in [2.45, 2.75) is 0 Å². The summed E-state index contributed by atoms with van der Waals surface area (Å²) in [6.07, 6.45) is 3.84. The second kappa shape index (κ2) is 5.98. The fraction of sp³-hybridized carbons (Fsp3) is 0.250. The van der Waals surface area contributed by atoms with Gasteiger partial charge in [-0.05, 0) is 17.7 Å². The zero-order valence-corrected chi connectivity index (χ0v) is 8.90. The molecule has 0 bridgehead atoms. The van der Waals surface area contributed by atoms with E-state index in [4.69, 9.17) is 4.74 Å². The smallest absolute Gasteiger partial charge is 0.337 e. The zero-order chi connectivity index (χ0) is 11.1. The van der Waals surface area contributed by atoms with Crippen molar-refractivity contribution in [3.63, 3.8) is 0 Å². The van der Waals surface area contributed by atoms with Crippen LogP contribution in [-0.4, -0.2) is 26.8 Å². The van der Waals surface area contributed by atoms with Gasteiger partial charge in [0.1, 0.15) is 0 Å². The highest BCUT2D eigenvalue weighted by atomic mass is 16.5. The first-order valence-corrected chi connectivity index (χ1v) is 4.62. The standard InChI is InChI=1S/C12H14O3/c1-14-9-3-4-10-5-7-11(8-6-10)12(13)15-2/h3-8H,9H2,1-2H3. The summed E-state index contributed by atoms with van der Waals surface area (Å²) in [6.45, 7) is 0.582. The van der Waals surface area contributed by atoms with Crippen LogP contribution in [0.25, 0.3) is 6.08 Å². The van der Waals surface area contributed by atoms with Crippen LogP contribution in [0, 0.1) is 0 Å². The Kier molecular flexibility index (Phi) is 4.57. The van der Waals surface area contributed by atoms with E-state index in [1.54, 1.807) is 19.2 Å². The van der Waals surface area contributed by atoms with Crippen molar-refractivity contribution in [3.8, 4) is 0 Å². The molecule has 0 unspecified atom stereocenters. The minimum atomic E-state index is -0.317. The summed E-state index contributed by atoms with van der Waals surface area (Å²) in [5.74, 6) is -0.317. The second-order valence-corrected chi connectivity index (χ2v) is 2.97. The molecule has 0 spiro atoms. The Labute approximate surface area is 89.3 Å². The van der Waals surface area contributed by atoms with Gasteiger partial charge in [0.2, 0.25) is 0 Å². The number of hydrogen-bond donors (Lipinski definition) is 0. The van der Waals surface area contributed by atoms with Crippen LogP contribution in [0.5, 0.6) is 0 Å². The van der Waals surface area contributed by atoms with Gasteiger partial charge in [0, 0.05) is 7.11 Å². The molecular weight excluding hydrogens is 192 g/mol. The molecule has 3 heteroatoms. The molecule has 0 amide bonds. The van der Waals surface area contributed by atoms with Gasteiger partial charge >= 0.3 is 5.97 Å². The third-order valence-electron chi connectivity index (χ3n) is 1.90. The largest absolute Gasteiger partial charge is 0.465 e. The number of carbonyl (C=O) groups excluding carboxylic acids is 1. The Balaban J connectivity index is 2.68. The first-order chi connectivity index (χ1) is 7.27. The Bertz CT molecular complexity index is 338. The van der Waals surface area contributed by atoms with E-state index in [-0.39, 0.29) is 5.97 Å². The summed E-state index contributed by atoms with van der Waals surface area (Å²) >= 11 is 0. The van der Waals surface area contributed by atoms with E-state index in [1.807, 2.05) is 24.3 Å². The predicted octanol–water partition coefficient (Wildman–Crippen LogP) is 2.13. The Morgan fingerprint density at radius 3 is 2.47 bits per heavy atom. The Morgan fingerprint density at radius 1 is 1.27 bits per heavy atom. The topological polar surface area (TPSA) is 35.5 Å². The molecule has 0 heterocycles. The first kappa shape index (κ1) is 11.5. The molecule has 0 saturated carbocycles. The van der Waals surface area contributed by atoms with E-state index in [2.05, 4.69) is 4.74 Å². The van der Waals surface area contributed by atoms with Gasteiger partial charge in [0.05, 0.1) is 19.3 Å². The molecule has 3 nitrogen and oxygen atoms in total. The van der Waals surface area contributed by atoms with Gasteiger partial charge in [-0.25, -0.2) is 4.79 Å². The van der Waals surface area contributed by atoms with E-state index in [0.29, 0.717) is 12.2 Å². The van der Waals surface area contributed by atoms with Crippen molar-refractivity contribution in [1.29, 1.82) is 0 Å². The summed E-state index contributed by atoms with van der Waals surface area (Å²) in [7, 11) is 3.01. The third-order valence-corrected chi connectivity index (χ3v) is 1.90. The quantitative estimate of drug-likeness (QED) is 0.708. The van der Waals surface area contributed by atoms with Gasteiger partial charge in [-0.1, -0.05) is 24.3 Å². The lowest BCUT2D eigenvalue weighted by Crippen LogP contribution is -2.00. The number of hydrogen-bond acceptors (Lipinski definition) is 3. The Hall–Kier alpha value is -1.61. The SMILES string of the molecule is COCC=Cc1ccc(C(=O)OC)cc1. The van der Waals surface area contributed by atoms with E-state index in [9.17, 15) is 4.79 Å². The minimum absolute atomic E-state index is 0.317. The minimum Gasteiger partial charge on any atom is -0.465 e. The van der Waals surface area contributed by atoms with Gasteiger partial charge in [0.25, 0.3) is 0 Å². The summed E-state index contributed by atoms with van der Waals surface area (Å²) in [6, 6.07) is 7.19. The lowest BCUT2D eigenvalue weighted by atomic mass is 10.1. The molecule has 0 radical (unpaired) electrons. The normalized spacial score (nSPS) is 10.5. The van der Waals surface area contributed by atoms with Crippen LogP contribution in [-0.2, 0) is 9.47 Å². The van der Waals surface area contributed by atoms with Gasteiger partial charge in [-0.15, -0.1) is 0 Å². The molecule has 1 aromatic carbocycles. The maximum Gasteiger partial charge on any atom is 0.337 e. The van der Waals surface area contributed by atoms with Crippen molar-refractivity contribution in [1.82, 2.24) is 0 Å². The van der Waals surface area contributed by atoms with Gasteiger partial charge in [-0.3, -0.25) is 0 Å². The number of benzene rings is 1. The molecule has 0 aliphatic heterocycles. The highest BCUT2D eigenvalue weighted by molar-refractivity contribution is 5.89. The van der Waals surface area contributed by atoms with E-state index in [1.165, 1.54) is 7.11 Å². The van der Waals surface area contributed by atoms with Gasteiger partial charge in [0.15, 0.2) is 0 Å². The van der Waals surface area contributed by atoms with Crippen molar-refractivity contribution in [2.75, 3.05) is 20.8 Å². The van der Waals surface area contributed by atoms with Crippen molar-refractivity contribution in [2.24, 2.45) is 0 Å². The maximum atomic E-state index is 11.1. The number of methoxy groups -OCH3 is 2. The number of rotatable bonds is 4. The average Bonchev–Trinajstić information content (AvgIpc) is 2.29. The average molecular weight is 206 g/mol. The molecule has 1 rings (SSSR count). The second-order valence-electron chi connectivity index (χ2n) is 2.97. The molecule has 0 N–H and O–H groups in total. The van der Waals surface area contributed by atoms with Crippen LogP contribution in [0.15, 0.2) is 30.3 Å². The van der Waals surface area contributed by atoms with E-state index in [0.717, 1.165) is 5.56 Å². The molecular formula is C12H14O3. The molecule has 0 aliphatic carbocycles. The van der Waals surface area contributed by atoms with Crippen molar-refractivity contribution in [3.05, 3.63) is 41.5 Å². The first-order valence-electron chi connectivity index (χ1n) is 4.62. The molecule has 1 aromatic rings. The molecule has 15 heavy (non-hydrogen) atoms. The molecule has 0 aliphatic rings. The Morgan fingerprint density at radius 2 is 1.93 bits per heavy atom. The fourth-order valence-electron chi connectivity index (χ4n) is 1.13. The van der Waals surface area contributed by atoms with Crippen LogP contribution >= 0.6 is 0 Å². The summed E-state index contributed by atoms with van der Waals surface area (Å²) in [4.78, 5) is 11.1. The summed E-state index contributed by atoms with van der Waals surface area (Å²) in [5.41, 5.74) is 1.58. The zero-order valence-electron chi connectivity index (χ0n) is 8.90. The van der Waals surface area contributed by atoms with Gasteiger partial charge in [-0.2, -0.15) is 0 Å². The van der Waals surface area contributed by atoms with Crippen molar-refractivity contribution < 1.29 is 14.3 Å². The predicted molar refractivity (Wildman–Crippen MR) is 58.7 cm³/mol. The highest BCUT2D eigenvalue weighted by Crippen LogP contribution is 2.07. The van der Waals surface area contributed by atoms with Crippen LogP contribution < -0.4 is 0 Å². The third kappa shape index (κ3) is 3.56. The van der Waals surface area contributed by atoms with Crippen LogP contribution in [0.4, 0.5) is 0 Å². The molecule has 80 valence electrons. The summed E-state index contributed by atoms with van der Waals surface area (Å²) in [5, 5.41) is 0. The summed E-state index contributed by atoms with van der Waals surface area (Å²) < 4.78 is 9.48. The van der Waals surface area contributed by atoms with E-state index < -0.39 is 0 Å².